The molecule has 1 N–H and O–H groups in total. The predicted molar refractivity (Wildman–Crippen MR) is 58.2 cm³/mol. The minimum Gasteiger partial charge on any atom is -0.503 e. The third-order valence-corrected chi connectivity index (χ3v) is 2.24. The molecule has 0 amide bonds. The van der Waals surface area contributed by atoms with Crippen LogP contribution in [-0.4, -0.2) is 22.9 Å². The van der Waals surface area contributed by atoms with Gasteiger partial charge in [0.15, 0.2) is 5.75 Å². The van der Waals surface area contributed by atoms with Crippen LogP contribution in [0.3, 0.4) is 0 Å². The number of hydrogen-bond donors (Lipinski definition) is 1. The zero-order chi connectivity index (χ0) is 11.5. The standard InChI is InChI=1S/C11H17NO3/c1-4-15-8-11(2,3)12-7-5-6-9(13)10(12)14/h5-7,13H,4,8H2,1-3H3. The van der Waals surface area contributed by atoms with Crippen molar-refractivity contribution in [2.24, 2.45) is 0 Å². The molecule has 1 rings (SSSR count). The lowest BCUT2D eigenvalue weighted by Gasteiger charge is -2.27. The molecule has 0 atom stereocenters. The minimum atomic E-state index is -0.453. The molecule has 0 aliphatic carbocycles. The van der Waals surface area contributed by atoms with Crippen LogP contribution < -0.4 is 5.56 Å². The van der Waals surface area contributed by atoms with Gasteiger partial charge in [0.25, 0.3) is 5.56 Å². The summed E-state index contributed by atoms with van der Waals surface area (Å²) in [5, 5.41) is 9.31. The smallest absolute Gasteiger partial charge is 0.293 e. The van der Waals surface area contributed by atoms with E-state index in [2.05, 4.69) is 0 Å². The Morgan fingerprint density at radius 2 is 2.20 bits per heavy atom. The number of pyridine rings is 1. The van der Waals surface area contributed by atoms with Crippen LogP contribution in [0.25, 0.3) is 0 Å². The fourth-order valence-corrected chi connectivity index (χ4v) is 1.38. The second kappa shape index (κ2) is 4.49. The molecule has 0 spiro atoms. The summed E-state index contributed by atoms with van der Waals surface area (Å²) in [6.45, 7) is 6.73. The third-order valence-electron chi connectivity index (χ3n) is 2.24. The summed E-state index contributed by atoms with van der Waals surface area (Å²) in [4.78, 5) is 11.6. The number of ether oxygens (including phenoxy) is 1. The van der Waals surface area contributed by atoms with Crippen molar-refractivity contribution in [1.82, 2.24) is 4.57 Å². The van der Waals surface area contributed by atoms with Crippen LogP contribution in [0.15, 0.2) is 23.1 Å². The van der Waals surface area contributed by atoms with Crippen LogP contribution in [0.4, 0.5) is 0 Å². The van der Waals surface area contributed by atoms with E-state index in [0.29, 0.717) is 13.2 Å². The van der Waals surface area contributed by atoms with Gasteiger partial charge in [0.05, 0.1) is 12.1 Å². The van der Waals surface area contributed by atoms with E-state index in [0.717, 1.165) is 0 Å². The molecule has 0 radical (unpaired) electrons. The fraction of sp³-hybridized carbons (Fsp3) is 0.545. The van der Waals surface area contributed by atoms with Gasteiger partial charge in [-0.3, -0.25) is 4.79 Å². The summed E-state index contributed by atoms with van der Waals surface area (Å²) in [6.07, 6.45) is 1.65. The quantitative estimate of drug-likeness (QED) is 0.817. The van der Waals surface area contributed by atoms with Gasteiger partial charge in [-0.25, -0.2) is 0 Å². The van der Waals surface area contributed by atoms with Crippen molar-refractivity contribution in [3.05, 3.63) is 28.7 Å². The maximum absolute atomic E-state index is 11.6. The monoisotopic (exact) mass is 211 g/mol. The zero-order valence-corrected chi connectivity index (χ0v) is 9.36. The van der Waals surface area contributed by atoms with Crippen LogP contribution in [0.1, 0.15) is 20.8 Å². The second-order valence-electron chi connectivity index (χ2n) is 4.02. The minimum absolute atomic E-state index is 0.234. The van der Waals surface area contributed by atoms with Gasteiger partial charge in [-0.1, -0.05) is 0 Å². The summed E-state index contributed by atoms with van der Waals surface area (Å²) < 4.78 is 6.79. The molecule has 4 nitrogen and oxygen atoms in total. The van der Waals surface area contributed by atoms with E-state index >= 15 is 0 Å². The highest BCUT2D eigenvalue weighted by atomic mass is 16.5. The topological polar surface area (TPSA) is 51.5 Å². The first-order valence-electron chi connectivity index (χ1n) is 4.98. The third kappa shape index (κ3) is 2.59. The van der Waals surface area contributed by atoms with Crippen LogP contribution in [0.5, 0.6) is 5.75 Å². The molecule has 0 fully saturated rings. The SMILES string of the molecule is CCOCC(C)(C)n1cccc(O)c1=O. The normalized spacial score (nSPS) is 11.7. The molecule has 0 saturated carbocycles. The van der Waals surface area contributed by atoms with E-state index in [1.807, 2.05) is 20.8 Å². The van der Waals surface area contributed by atoms with E-state index in [1.165, 1.54) is 10.6 Å². The van der Waals surface area contributed by atoms with Gasteiger partial charge >= 0.3 is 0 Å². The van der Waals surface area contributed by atoms with Crippen molar-refractivity contribution in [2.45, 2.75) is 26.3 Å². The van der Waals surface area contributed by atoms with Gasteiger partial charge in [-0.15, -0.1) is 0 Å². The lowest BCUT2D eigenvalue weighted by atomic mass is 10.1. The lowest BCUT2D eigenvalue weighted by molar-refractivity contribution is 0.0736. The molecule has 1 heterocycles. The average molecular weight is 211 g/mol. The number of rotatable bonds is 4. The average Bonchev–Trinajstić information content (AvgIpc) is 2.19. The van der Waals surface area contributed by atoms with Gasteiger partial charge < -0.3 is 14.4 Å². The number of hydrogen-bond acceptors (Lipinski definition) is 3. The fourth-order valence-electron chi connectivity index (χ4n) is 1.38. The van der Waals surface area contributed by atoms with E-state index in [4.69, 9.17) is 4.74 Å². The molecule has 0 aliphatic heterocycles. The predicted octanol–water partition coefficient (Wildman–Crippen LogP) is 1.33. The highest BCUT2D eigenvalue weighted by Gasteiger charge is 2.22. The highest BCUT2D eigenvalue weighted by molar-refractivity contribution is 5.16. The maximum Gasteiger partial charge on any atom is 0.293 e. The molecule has 0 aliphatic rings. The van der Waals surface area contributed by atoms with Gasteiger partial charge in [0.1, 0.15) is 0 Å². The molecule has 0 bridgehead atoms. The molecule has 0 saturated heterocycles. The van der Waals surface area contributed by atoms with Crippen molar-refractivity contribution >= 4 is 0 Å². The van der Waals surface area contributed by atoms with Gasteiger partial charge in [-0.05, 0) is 32.9 Å². The first-order chi connectivity index (χ1) is 6.99. The summed E-state index contributed by atoms with van der Waals surface area (Å²) in [5.41, 5.74) is -0.839. The molecule has 4 heteroatoms. The van der Waals surface area contributed by atoms with Crippen molar-refractivity contribution in [1.29, 1.82) is 0 Å². The van der Waals surface area contributed by atoms with E-state index in [-0.39, 0.29) is 11.3 Å². The Morgan fingerprint density at radius 3 is 2.80 bits per heavy atom. The molecule has 15 heavy (non-hydrogen) atoms. The number of aromatic nitrogens is 1. The van der Waals surface area contributed by atoms with Gasteiger partial charge in [-0.2, -0.15) is 0 Å². The Balaban J connectivity index is 3.04. The first kappa shape index (κ1) is 11.8. The van der Waals surface area contributed by atoms with Crippen LogP contribution in [-0.2, 0) is 10.3 Å². The molecular formula is C11H17NO3. The number of aromatic hydroxyl groups is 1. The number of nitrogens with zero attached hydrogens (tertiary/aromatic N) is 1. The highest BCUT2D eigenvalue weighted by Crippen LogP contribution is 2.14. The lowest BCUT2D eigenvalue weighted by Crippen LogP contribution is -2.39. The molecule has 1 aromatic heterocycles. The second-order valence-corrected chi connectivity index (χ2v) is 4.02. The first-order valence-corrected chi connectivity index (χ1v) is 4.98. The molecule has 1 aromatic rings. The van der Waals surface area contributed by atoms with Crippen molar-refractivity contribution in [3.8, 4) is 5.75 Å². The Kier molecular flexibility index (Phi) is 3.52. The Morgan fingerprint density at radius 1 is 1.53 bits per heavy atom. The summed E-state index contributed by atoms with van der Waals surface area (Å²) in [6, 6.07) is 3.03. The maximum atomic E-state index is 11.6. The Labute approximate surface area is 89.1 Å². The molecule has 84 valence electrons. The van der Waals surface area contributed by atoms with Crippen molar-refractivity contribution in [3.63, 3.8) is 0 Å². The summed E-state index contributed by atoms with van der Waals surface area (Å²) in [7, 11) is 0. The summed E-state index contributed by atoms with van der Waals surface area (Å²) in [5.74, 6) is -0.234. The van der Waals surface area contributed by atoms with E-state index in [9.17, 15) is 9.90 Å². The van der Waals surface area contributed by atoms with Crippen molar-refractivity contribution < 1.29 is 9.84 Å². The molecule has 0 aromatic carbocycles. The summed E-state index contributed by atoms with van der Waals surface area (Å²) >= 11 is 0. The van der Waals surface area contributed by atoms with Crippen LogP contribution in [0, 0.1) is 0 Å². The van der Waals surface area contributed by atoms with Crippen LogP contribution in [0.2, 0.25) is 0 Å². The van der Waals surface area contributed by atoms with Crippen molar-refractivity contribution in [2.75, 3.05) is 13.2 Å². The largest absolute Gasteiger partial charge is 0.503 e. The van der Waals surface area contributed by atoms with Gasteiger partial charge in [0.2, 0.25) is 0 Å². The van der Waals surface area contributed by atoms with E-state index < -0.39 is 5.54 Å². The van der Waals surface area contributed by atoms with Crippen LogP contribution >= 0.6 is 0 Å². The Bertz CT molecular complexity index is 382. The zero-order valence-electron chi connectivity index (χ0n) is 9.36. The van der Waals surface area contributed by atoms with E-state index in [1.54, 1.807) is 12.3 Å². The molecular weight excluding hydrogens is 194 g/mol. The molecule has 0 unspecified atom stereocenters. The van der Waals surface area contributed by atoms with Gasteiger partial charge in [0, 0.05) is 12.8 Å². The Hall–Kier alpha value is -1.29.